The molecule has 0 spiro atoms. The third kappa shape index (κ3) is 4.85. The molecule has 1 aliphatic heterocycles. The van der Waals surface area contributed by atoms with E-state index in [0.29, 0.717) is 24.1 Å². The molecular weight excluding hydrogens is 266 g/mol. The summed E-state index contributed by atoms with van der Waals surface area (Å²) >= 11 is 0. The van der Waals surface area contributed by atoms with E-state index in [1.165, 1.54) is 12.8 Å². The van der Waals surface area contributed by atoms with Crippen molar-refractivity contribution in [2.75, 3.05) is 32.8 Å². The minimum absolute atomic E-state index is 0.0185. The van der Waals surface area contributed by atoms with Crippen LogP contribution in [0.2, 0.25) is 0 Å². The van der Waals surface area contributed by atoms with Crippen LogP contribution in [-0.4, -0.2) is 53.7 Å². The van der Waals surface area contributed by atoms with Gasteiger partial charge >= 0.3 is 0 Å². The van der Waals surface area contributed by atoms with E-state index in [9.17, 15) is 4.79 Å². The smallest absolute Gasteiger partial charge is 0.252 e. The Morgan fingerprint density at radius 2 is 2.24 bits per heavy atom. The topological polar surface area (TPSA) is 65.5 Å². The van der Waals surface area contributed by atoms with Crippen molar-refractivity contribution in [2.45, 2.75) is 19.3 Å². The van der Waals surface area contributed by atoms with Crippen LogP contribution in [0.4, 0.5) is 0 Å². The molecule has 0 bridgehead atoms. The highest BCUT2D eigenvalue weighted by atomic mass is 16.2. The molecule has 1 amide bonds. The van der Waals surface area contributed by atoms with Gasteiger partial charge in [0.25, 0.3) is 5.91 Å². The zero-order valence-corrected chi connectivity index (χ0v) is 12.1. The van der Waals surface area contributed by atoms with E-state index in [0.717, 1.165) is 19.6 Å². The number of nitrogens with one attached hydrogen (secondary N) is 1. The largest absolute Gasteiger partial charge is 0.395 e. The molecule has 21 heavy (non-hydrogen) atoms. The Balaban J connectivity index is 1.90. The Labute approximate surface area is 125 Å². The number of hydrogen-bond donors (Lipinski definition) is 2. The Bertz CT molecular complexity index is 528. The molecule has 5 nitrogen and oxygen atoms in total. The van der Waals surface area contributed by atoms with E-state index in [-0.39, 0.29) is 12.5 Å². The van der Waals surface area contributed by atoms with Crippen LogP contribution in [0.1, 0.15) is 35.2 Å². The normalized spacial score (nSPS) is 14.5. The summed E-state index contributed by atoms with van der Waals surface area (Å²) in [5, 5.41) is 11.7. The number of carbonyl (C=O) groups excluding carboxylic acids is 1. The van der Waals surface area contributed by atoms with E-state index in [1.54, 1.807) is 18.5 Å². The lowest BCUT2D eigenvalue weighted by Crippen LogP contribution is -2.33. The van der Waals surface area contributed by atoms with Gasteiger partial charge in [0.15, 0.2) is 0 Å². The van der Waals surface area contributed by atoms with Gasteiger partial charge in [-0.05, 0) is 32.0 Å². The Hall–Kier alpha value is -1.90. The van der Waals surface area contributed by atoms with Crippen molar-refractivity contribution in [3.05, 3.63) is 29.6 Å². The van der Waals surface area contributed by atoms with Crippen LogP contribution in [0.5, 0.6) is 0 Å². The second-order valence-electron chi connectivity index (χ2n) is 5.00. The number of carbonyl (C=O) groups is 1. The summed E-state index contributed by atoms with van der Waals surface area (Å²) in [6.07, 6.45) is 6.07. The number of aromatic nitrogens is 1. The highest BCUT2D eigenvalue weighted by molar-refractivity contribution is 5.96. The first-order valence-electron chi connectivity index (χ1n) is 7.35. The molecule has 5 heteroatoms. The quantitative estimate of drug-likeness (QED) is 0.780. The van der Waals surface area contributed by atoms with E-state index >= 15 is 0 Å². The summed E-state index contributed by atoms with van der Waals surface area (Å²) in [5.41, 5.74) is 1.14. The van der Waals surface area contributed by atoms with Crippen LogP contribution in [0.3, 0.4) is 0 Å². The summed E-state index contributed by atoms with van der Waals surface area (Å²) in [6, 6.07) is 1.67. The van der Waals surface area contributed by atoms with Gasteiger partial charge in [0.05, 0.1) is 17.7 Å². The van der Waals surface area contributed by atoms with Crippen molar-refractivity contribution in [3.8, 4) is 11.8 Å². The summed E-state index contributed by atoms with van der Waals surface area (Å²) in [4.78, 5) is 18.5. The third-order valence-corrected chi connectivity index (χ3v) is 3.44. The fraction of sp³-hybridized carbons (Fsp3) is 0.500. The molecule has 2 N–H and O–H groups in total. The zero-order valence-electron chi connectivity index (χ0n) is 12.1. The number of nitrogens with zero attached hydrogens (tertiary/aromatic N) is 2. The van der Waals surface area contributed by atoms with Crippen LogP contribution in [0.25, 0.3) is 0 Å². The molecule has 0 saturated carbocycles. The predicted molar refractivity (Wildman–Crippen MR) is 80.8 cm³/mol. The van der Waals surface area contributed by atoms with Crippen molar-refractivity contribution in [1.82, 2.24) is 15.2 Å². The molecule has 1 aromatic rings. The SMILES string of the molecule is O=C(NCCN1CCCC1)c1ccncc1C#CCCO. The maximum Gasteiger partial charge on any atom is 0.252 e. The lowest BCUT2D eigenvalue weighted by molar-refractivity contribution is 0.0949. The van der Waals surface area contributed by atoms with E-state index in [4.69, 9.17) is 5.11 Å². The van der Waals surface area contributed by atoms with Gasteiger partial charge in [0.2, 0.25) is 0 Å². The zero-order chi connectivity index (χ0) is 14.9. The number of hydrogen-bond acceptors (Lipinski definition) is 4. The number of aliphatic hydroxyl groups is 1. The minimum atomic E-state index is -0.120. The van der Waals surface area contributed by atoms with Gasteiger partial charge < -0.3 is 15.3 Å². The van der Waals surface area contributed by atoms with Crippen LogP contribution < -0.4 is 5.32 Å². The first kappa shape index (κ1) is 15.5. The van der Waals surface area contributed by atoms with Crippen molar-refractivity contribution in [2.24, 2.45) is 0 Å². The van der Waals surface area contributed by atoms with Gasteiger partial charge in [-0.1, -0.05) is 11.8 Å². The Morgan fingerprint density at radius 3 is 3.00 bits per heavy atom. The highest BCUT2D eigenvalue weighted by Gasteiger charge is 2.13. The second-order valence-corrected chi connectivity index (χ2v) is 5.00. The van der Waals surface area contributed by atoms with Crippen LogP contribution >= 0.6 is 0 Å². The molecule has 2 heterocycles. The Morgan fingerprint density at radius 1 is 1.43 bits per heavy atom. The molecule has 0 aliphatic carbocycles. The summed E-state index contributed by atoms with van der Waals surface area (Å²) < 4.78 is 0. The highest BCUT2D eigenvalue weighted by Crippen LogP contribution is 2.07. The average molecular weight is 287 g/mol. The Kier molecular flexibility index (Phi) is 6.20. The van der Waals surface area contributed by atoms with Gasteiger partial charge in [0, 0.05) is 31.9 Å². The van der Waals surface area contributed by atoms with E-state index in [2.05, 4.69) is 27.0 Å². The van der Waals surface area contributed by atoms with Crippen molar-refractivity contribution in [3.63, 3.8) is 0 Å². The van der Waals surface area contributed by atoms with Crippen molar-refractivity contribution < 1.29 is 9.90 Å². The van der Waals surface area contributed by atoms with Crippen LogP contribution in [-0.2, 0) is 0 Å². The van der Waals surface area contributed by atoms with Gasteiger partial charge in [0.1, 0.15) is 0 Å². The number of aliphatic hydroxyl groups excluding tert-OH is 1. The number of amides is 1. The fourth-order valence-electron chi connectivity index (χ4n) is 2.33. The maximum atomic E-state index is 12.2. The summed E-state index contributed by atoms with van der Waals surface area (Å²) in [7, 11) is 0. The predicted octanol–water partition coefficient (Wildman–Crippen LogP) is 0.641. The molecule has 0 radical (unpaired) electrons. The van der Waals surface area contributed by atoms with E-state index < -0.39 is 0 Å². The third-order valence-electron chi connectivity index (χ3n) is 3.44. The van der Waals surface area contributed by atoms with Crippen LogP contribution in [0, 0.1) is 11.8 Å². The lowest BCUT2D eigenvalue weighted by Gasteiger charge is -2.14. The molecule has 0 atom stereocenters. The molecule has 0 aromatic carbocycles. The second kappa shape index (κ2) is 8.40. The van der Waals surface area contributed by atoms with Crippen LogP contribution in [0.15, 0.2) is 18.5 Å². The number of rotatable bonds is 5. The van der Waals surface area contributed by atoms with Gasteiger partial charge in [-0.15, -0.1) is 0 Å². The minimum Gasteiger partial charge on any atom is -0.395 e. The van der Waals surface area contributed by atoms with Crippen molar-refractivity contribution >= 4 is 5.91 Å². The summed E-state index contributed by atoms with van der Waals surface area (Å²) in [6.45, 7) is 3.81. The first-order valence-corrected chi connectivity index (χ1v) is 7.35. The average Bonchev–Trinajstić information content (AvgIpc) is 3.01. The van der Waals surface area contributed by atoms with Gasteiger partial charge in [-0.25, -0.2) is 0 Å². The van der Waals surface area contributed by atoms with Gasteiger partial charge in [-0.2, -0.15) is 0 Å². The fourth-order valence-corrected chi connectivity index (χ4v) is 2.33. The van der Waals surface area contributed by atoms with E-state index in [1.807, 2.05) is 0 Å². The molecule has 112 valence electrons. The molecular formula is C16H21N3O2. The molecule has 2 rings (SSSR count). The van der Waals surface area contributed by atoms with Crippen molar-refractivity contribution in [1.29, 1.82) is 0 Å². The molecule has 0 unspecified atom stereocenters. The number of likely N-dealkylation sites (tertiary alicyclic amines) is 1. The lowest BCUT2D eigenvalue weighted by atomic mass is 10.1. The van der Waals surface area contributed by atoms with Gasteiger partial charge in [-0.3, -0.25) is 9.78 Å². The monoisotopic (exact) mass is 287 g/mol. The number of pyridine rings is 1. The standard InChI is InChI=1S/C16H21N3O2/c20-12-4-1-5-14-13-17-7-6-15(14)16(21)18-8-11-19-9-2-3-10-19/h6-7,13,20H,2-4,8-12H2,(H,18,21). The first-order chi connectivity index (χ1) is 10.3. The summed E-state index contributed by atoms with van der Waals surface area (Å²) in [5.74, 6) is 5.58. The molecule has 1 saturated heterocycles. The molecule has 1 aromatic heterocycles. The molecule has 1 aliphatic rings. The maximum absolute atomic E-state index is 12.2. The molecule has 1 fully saturated rings.